The van der Waals surface area contributed by atoms with E-state index in [0.29, 0.717) is 18.6 Å². The summed E-state index contributed by atoms with van der Waals surface area (Å²) in [6, 6.07) is 23.0. The maximum absolute atomic E-state index is 13.5. The summed E-state index contributed by atoms with van der Waals surface area (Å²) in [5, 5.41) is 13.1. The number of anilines is 2. The minimum atomic E-state index is -4.21. The van der Waals surface area contributed by atoms with Crippen LogP contribution in [0.5, 0.6) is 0 Å². The molecule has 3 aromatic rings. The molecule has 1 fully saturated rings. The zero-order valence-corrected chi connectivity index (χ0v) is 21.2. The van der Waals surface area contributed by atoms with Crippen LogP contribution < -0.4 is 14.5 Å². The molecular formula is C27H28N4O5S. The molecule has 1 amide bonds. The molecule has 4 rings (SSSR count). The van der Waals surface area contributed by atoms with Crippen molar-refractivity contribution in [2.75, 3.05) is 42.0 Å². The summed E-state index contributed by atoms with van der Waals surface area (Å²) in [6.45, 7) is 5.74. The Bertz CT molecular complexity index is 1340. The smallest absolute Gasteiger partial charge is 0.293 e. The summed E-state index contributed by atoms with van der Waals surface area (Å²) in [4.78, 5) is 24.7. The number of nitrogens with one attached hydrogen (secondary N) is 1. The Labute approximate surface area is 216 Å². The van der Waals surface area contributed by atoms with Crippen LogP contribution in [-0.2, 0) is 19.6 Å². The topological polar surface area (TPSA) is 120 Å². The highest BCUT2D eigenvalue weighted by molar-refractivity contribution is 7.93. The van der Waals surface area contributed by atoms with E-state index in [1.807, 2.05) is 0 Å². The molecule has 1 N–H and O–H groups in total. The number of hydrogen-bond donors (Lipinski definition) is 1. The molecule has 0 radical (unpaired) electrons. The van der Waals surface area contributed by atoms with E-state index >= 15 is 0 Å². The third-order valence-electron chi connectivity index (χ3n) is 5.51. The first kappa shape index (κ1) is 27.4. The normalized spacial score (nSPS) is 12.9. The van der Waals surface area contributed by atoms with Crippen LogP contribution in [0.3, 0.4) is 0 Å². The summed E-state index contributed by atoms with van der Waals surface area (Å²) in [6.07, 6.45) is 0. The van der Waals surface area contributed by atoms with Gasteiger partial charge in [-0.25, -0.2) is 8.42 Å². The van der Waals surface area contributed by atoms with Gasteiger partial charge in [-0.05, 0) is 49.4 Å². The highest BCUT2D eigenvalue weighted by Gasteiger charge is 2.32. The zero-order valence-electron chi connectivity index (χ0n) is 20.4. The average Bonchev–Trinajstić information content (AvgIpc) is 2.95. The van der Waals surface area contributed by atoms with Crippen molar-refractivity contribution in [1.29, 1.82) is 5.26 Å². The Hall–Kier alpha value is -4.20. The van der Waals surface area contributed by atoms with Gasteiger partial charge in [0.05, 0.1) is 28.4 Å². The van der Waals surface area contributed by atoms with Crippen LogP contribution in [0.25, 0.3) is 0 Å². The summed E-state index contributed by atoms with van der Waals surface area (Å²) < 4.78 is 32.0. The van der Waals surface area contributed by atoms with Crippen molar-refractivity contribution >= 4 is 33.8 Å². The Morgan fingerprint density at radius 3 is 2.22 bits per heavy atom. The first-order valence-corrected chi connectivity index (χ1v) is 13.1. The predicted octanol–water partition coefficient (Wildman–Crippen LogP) is 3.18. The predicted molar refractivity (Wildman–Crippen MR) is 141 cm³/mol. The number of piperazine rings is 1. The molecule has 1 heterocycles. The third-order valence-corrected chi connectivity index (χ3v) is 7.24. The van der Waals surface area contributed by atoms with E-state index in [2.05, 4.69) is 21.0 Å². The number of amides is 1. The van der Waals surface area contributed by atoms with Gasteiger partial charge in [0.1, 0.15) is 6.07 Å². The van der Waals surface area contributed by atoms with Crippen molar-refractivity contribution in [3.63, 3.8) is 0 Å². The molecule has 0 bridgehead atoms. The fraction of sp³-hybridized carbons (Fsp3) is 0.222. The lowest BCUT2D eigenvalue weighted by atomic mass is 10.1. The molecule has 0 unspecified atom stereocenters. The van der Waals surface area contributed by atoms with Gasteiger partial charge in [0.15, 0.2) is 0 Å². The maximum atomic E-state index is 13.5. The summed E-state index contributed by atoms with van der Waals surface area (Å²) in [7, 11) is -4.21. The highest BCUT2D eigenvalue weighted by atomic mass is 32.2. The zero-order chi connectivity index (χ0) is 26.7. The van der Waals surface area contributed by atoms with Gasteiger partial charge in [-0.3, -0.25) is 9.59 Å². The fourth-order valence-electron chi connectivity index (χ4n) is 3.75. The number of sulfonamides is 1. The molecule has 3 aromatic carbocycles. The molecule has 0 atom stereocenters. The van der Waals surface area contributed by atoms with Crippen molar-refractivity contribution in [3.8, 4) is 6.07 Å². The number of benzene rings is 3. The Morgan fingerprint density at radius 2 is 1.68 bits per heavy atom. The molecular weight excluding hydrogens is 492 g/mol. The van der Waals surface area contributed by atoms with E-state index in [9.17, 15) is 23.3 Å². The number of hydrogen-bond acceptors (Lipinski definition) is 8. The maximum Gasteiger partial charge on any atom is 0.293 e. The molecule has 10 heteroatoms. The standard InChI is InChI=1S/C24H22N4O3S.C3H6O2/c25-18-20-17-21(11-12-23(20)27-15-13-26-14-16-27)28(24(29)19-7-3-1-4-8-19)32(30,31)22-9-5-2-6-10-22;1-2-5-3-4/h1-12,17,26H,13-16H2;3H,2H2,1H3. The summed E-state index contributed by atoms with van der Waals surface area (Å²) >= 11 is 0. The van der Waals surface area contributed by atoms with Gasteiger partial charge in [-0.15, -0.1) is 0 Å². The Balaban J connectivity index is 0.000000695. The molecule has 0 aromatic heterocycles. The van der Waals surface area contributed by atoms with E-state index < -0.39 is 15.9 Å². The number of ether oxygens (including phenoxy) is 1. The van der Waals surface area contributed by atoms with Crippen molar-refractivity contribution in [1.82, 2.24) is 5.32 Å². The summed E-state index contributed by atoms with van der Waals surface area (Å²) in [5.74, 6) is -0.687. The van der Waals surface area contributed by atoms with Crippen LogP contribution >= 0.6 is 0 Å². The minimum absolute atomic E-state index is 0.00558. The van der Waals surface area contributed by atoms with Gasteiger partial charge in [0.2, 0.25) is 0 Å². The van der Waals surface area contributed by atoms with Gasteiger partial charge < -0.3 is 15.0 Å². The second-order valence-electron chi connectivity index (χ2n) is 7.86. The van der Waals surface area contributed by atoms with Crippen LogP contribution in [0.4, 0.5) is 11.4 Å². The number of nitriles is 1. The van der Waals surface area contributed by atoms with Crippen molar-refractivity contribution in [2.24, 2.45) is 0 Å². The first-order chi connectivity index (χ1) is 17.9. The molecule has 9 nitrogen and oxygen atoms in total. The minimum Gasteiger partial charge on any atom is -0.468 e. The molecule has 1 saturated heterocycles. The van der Waals surface area contributed by atoms with Gasteiger partial charge in [-0.2, -0.15) is 9.57 Å². The molecule has 192 valence electrons. The summed E-state index contributed by atoms with van der Waals surface area (Å²) in [5.41, 5.74) is 1.40. The molecule has 0 spiro atoms. The van der Waals surface area contributed by atoms with E-state index in [1.54, 1.807) is 67.6 Å². The van der Waals surface area contributed by atoms with Crippen molar-refractivity contribution in [2.45, 2.75) is 11.8 Å². The van der Waals surface area contributed by atoms with E-state index in [1.165, 1.54) is 18.2 Å². The van der Waals surface area contributed by atoms with Gasteiger partial charge in [0, 0.05) is 31.7 Å². The lowest BCUT2D eigenvalue weighted by molar-refractivity contribution is -0.128. The van der Waals surface area contributed by atoms with Crippen LogP contribution in [-0.4, -0.2) is 53.6 Å². The van der Waals surface area contributed by atoms with E-state index in [-0.39, 0.29) is 16.1 Å². The number of nitrogens with zero attached hydrogens (tertiary/aromatic N) is 3. The van der Waals surface area contributed by atoms with Gasteiger partial charge in [-0.1, -0.05) is 36.4 Å². The molecule has 0 aliphatic carbocycles. The van der Waals surface area contributed by atoms with E-state index in [0.717, 1.165) is 36.2 Å². The van der Waals surface area contributed by atoms with Crippen molar-refractivity contribution in [3.05, 3.63) is 90.0 Å². The number of rotatable bonds is 7. The fourth-order valence-corrected chi connectivity index (χ4v) is 5.18. The second kappa shape index (κ2) is 13.2. The first-order valence-electron chi connectivity index (χ1n) is 11.7. The van der Waals surface area contributed by atoms with Gasteiger partial charge >= 0.3 is 0 Å². The van der Waals surface area contributed by atoms with E-state index in [4.69, 9.17) is 0 Å². The second-order valence-corrected chi connectivity index (χ2v) is 9.64. The van der Waals surface area contributed by atoms with Crippen LogP contribution in [0.15, 0.2) is 83.8 Å². The lowest BCUT2D eigenvalue weighted by Crippen LogP contribution is -2.44. The molecule has 37 heavy (non-hydrogen) atoms. The number of carbonyl (C=O) groups excluding carboxylic acids is 2. The average molecular weight is 521 g/mol. The number of carbonyl (C=O) groups is 2. The third kappa shape index (κ3) is 6.73. The quantitative estimate of drug-likeness (QED) is 0.472. The molecule has 1 aliphatic heterocycles. The molecule has 0 saturated carbocycles. The van der Waals surface area contributed by atoms with Crippen LogP contribution in [0.1, 0.15) is 22.8 Å². The van der Waals surface area contributed by atoms with Crippen LogP contribution in [0, 0.1) is 11.3 Å². The highest BCUT2D eigenvalue weighted by Crippen LogP contribution is 2.31. The largest absolute Gasteiger partial charge is 0.468 e. The van der Waals surface area contributed by atoms with Crippen molar-refractivity contribution < 1.29 is 22.7 Å². The Kier molecular flexibility index (Phi) is 9.77. The molecule has 1 aliphatic rings. The Morgan fingerprint density at radius 1 is 1.05 bits per heavy atom. The van der Waals surface area contributed by atoms with Crippen LogP contribution in [0.2, 0.25) is 0 Å². The monoisotopic (exact) mass is 520 g/mol. The SMILES string of the molecule is CCOC=O.N#Cc1cc(N(C(=O)c2ccccc2)S(=O)(=O)c2ccccc2)ccc1N1CCNCC1. The lowest BCUT2D eigenvalue weighted by Gasteiger charge is -2.31. The van der Waals surface area contributed by atoms with Gasteiger partial charge in [0.25, 0.3) is 22.4 Å².